The number of rotatable bonds is 6. The van der Waals surface area contributed by atoms with Gasteiger partial charge in [0.2, 0.25) is 5.91 Å². The number of aromatic nitrogens is 1. The van der Waals surface area contributed by atoms with Crippen LogP contribution in [0.5, 0.6) is 0 Å². The number of amides is 1. The summed E-state index contributed by atoms with van der Waals surface area (Å²) in [4.78, 5) is 30.0. The van der Waals surface area contributed by atoms with Crippen molar-refractivity contribution < 1.29 is 14.7 Å². The van der Waals surface area contributed by atoms with Gasteiger partial charge in [-0.3, -0.25) is 4.79 Å². The van der Waals surface area contributed by atoms with E-state index in [2.05, 4.69) is 4.98 Å². The maximum atomic E-state index is 11.8. The van der Waals surface area contributed by atoms with E-state index in [1.165, 1.54) is 17.0 Å². The van der Waals surface area contributed by atoms with Gasteiger partial charge in [-0.15, -0.1) is 0 Å². The third-order valence-corrected chi connectivity index (χ3v) is 2.74. The number of aromatic carboxylic acids is 1. The van der Waals surface area contributed by atoms with E-state index in [4.69, 9.17) is 10.8 Å². The number of pyridine rings is 1. The molecule has 0 atom stereocenters. The standard InChI is InChI=1S/C13H20N4O3/c1-4-7-17(8-11(18)16(2)3)12-9(14)5-6-10(15-12)13(19)20/h5-6H,4,7-8,14H2,1-3H3,(H,19,20). The fourth-order valence-electron chi connectivity index (χ4n) is 1.67. The van der Waals surface area contributed by atoms with Crippen LogP contribution >= 0.6 is 0 Å². The highest BCUT2D eigenvalue weighted by Crippen LogP contribution is 2.21. The average Bonchev–Trinajstić information content (AvgIpc) is 2.38. The van der Waals surface area contributed by atoms with Gasteiger partial charge in [0.05, 0.1) is 12.2 Å². The summed E-state index contributed by atoms with van der Waals surface area (Å²) in [6.45, 7) is 2.64. The van der Waals surface area contributed by atoms with Crippen molar-refractivity contribution in [3.63, 3.8) is 0 Å². The lowest BCUT2D eigenvalue weighted by Gasteiger charge is -2.25. The first-order valence-corrected chi connectivity index (χ1v) is 6.31. The normalized spacial score (nSPS) is 10.2. The van der Waals surface area contributed by atoms with Crippen LogP contribution in [0.15, 0.2) is 12.1 Å². The van der Waals surface area contributed by atoms with Crippen LogP contribution in [0.25, 0.3) is 0 Å². The van der Waals surface area contributed by atoms with Crippen molar-refractivity contribution in [2.75, 3.05) is 37.8 Å². The smallest absolute Gasteiger partial charge is 0.354 e. The maximum Gasteiger partial charge on any atom is 0.354 e. The van der Waals surface area contributed by atoms with Gasteiger partial charge in [-0.2, -0.15) is 0 Å². The van der Waals surface area contributed by atoms with Crippen molar-refractivity contribution >= 4 is 23.4 Å². The van der Waals surface area contributed by atoms with Crippen LogP contribution in [0.2, 0.25) is 0 Å². The number of nitrogens with two attached hydrogens (primary N) is 1. The molecule has 0 saturated heterocycles. The summed E-state index contributed by atoms with van der Waals surface area (Å²) in [6, 6.07) is 2.84. The van der Waals surface area contributed by atoms with Gasteiger partial charge in [0.25, 0.3) is 0 Å². The molecule has 0 unspecified atom stereocenters. The van der Waals surface area contributed by atoms with Crippen LogP contribution in [0.1, 0.15) is 23.8 Å². The van der Waals surface area contributed by atoms with E-state index in [1.54, 1.807) is 19.0 Å². The van der Waals surface area contributed by atoms with E-state index in [-0.39, 0.29) is 18.1 Å². The lowest BCUT2D eigenvalue weighted by Crippen LogP contribution is -2.38. The minimum absolute atomic E-state index is 0.0902. The minimum atomic E-state index is -1.12. The Hall–Kier alpha value is -2.31. The Bertz CT molecular complexity index is 502. The molecule has 0 aliphatic rings. The maximum absolute atomic E-state index is 11.8. The summed E-state index contributed by atoms with van der Waals surface area (Å²) in [6.07, 6.45) is 0.791. The molecule has 3 N–H and O–H groups in total. The van der Waals surface area contributed by atoms with Crippen molar-refractivity contribution in [1.82, 2.24) is 9.88 Å². The number of hydrogen-bond acceptors (Lipinski definition) is 5. The molecule has 0 spiro atoms. The lowest BCUT2D eigenvalue weighted by atomic mass is 10.2. The molecule has 110 valence electrons. The Morgan fingerprint density at radius 1 is 1.35 bits per heavy atom. The van der Waals surface area contributed by atoms with Gasteiger partial charge in [0, 0.05) is 20.6 Å². The van der Waals surface area contributed by atoms with Crippen LogP contribution < -0.4 is 10.6 Å². The molecule has 0 bridgehead atoms. The highest BCUT2D eigenvalue weighted by molar-refractivity contribution is 5.87. The van der Waals surface area contributed by atoms with Crippen molar-refractivity contribution in [3.8, 4) is 0 Å². The third kappa shape index (κ3) is 3.84. The van der Waals surface area contributed by atoms with Crippen molar-refractivity contribution in [3.05, 3.63) is 17.8 Å². The van der Waals surface area contributed by atoms with E-state index in [1.807, 2.05) is 6.92 Å². The number of carboxylic acids is 1. The second kappa shape index (κ2) is 6.74. The summed E-state index contributed by atoms with van der Waals surface area (Å²) in [5.74, 6) is -0.885. The Morgan fingerprint density at radius 3 is 2.50 bits per heavy atom. The number of anilines is 2. The summed E-state index contributed by atoms with van der Waals surface area (Å²) in [7, 11) is 3.33. The molecule has 0 aliphatic carbocycles. The molecule has 0 saturated carbocycles. The Morgan fingerprint density at radius 2 is 2.00 bits per heavy atom. The van der Waals surface area contributed by atoms with Gasteiger partial charge in [-0.25, -0.2) is 9.78 Å². The molecule has 20 heavy (non-hydrogen) atoms. The summed E-state index contributed by atoms with van der Waals surface area (Å²) in [5.41, 5.74) is 6.12. The molecule has 0 aliphatic heterocycles. The molecule has 0 fully saturated rings. The second-order valence-corrected chi connectivity index (χ2v) is 4.62. The highest BCUT2D eigenvalue weighted by atomic mass is 16.4. The summed E-state index contributed by atoms with van der Waals surface area (Å²) in [5, 5.41) is 8.98. The molecule has 1 aromatic rings. The van der Waals surface area contributed by atoms with Gasteiger partial charge < -0.3 is 20.6 Å². The van der Waals surface area contributed by atoms with Gasteiger partial charge in [-0.05, 0) is 18.6 Å². The predicted molar refractivity (Wildman–Crippen MR) is 76.8 cm³/mol. The molecular formula is C13H20N4O3. The van der Waals surface area contributed by atoms with Crippen LogP contribution in [0.3, 0.4) is 0 Å². The SMILES string of the molecule is CCCN(CC(=O)N(C)C)c1nc(C(=O)O)ccc1N. The number of hydrogen-bond donors (Lipinski definition) is 2. The molecule has 0 radical (unpaired) electrons. The molecular weight excluding hydrogens is 260 g/mol. The number of nitrogen functional groups attached to an aromatic ring is 1. The molecule has 1 rings (SSSR count). The number of carbonyl (C=O) groups excluding carboxylic acids is 1. The molecule has 7 heteroatoms. The van der Waals surface area contributed by atoms with Crippen LogP contribution in [0.4, 0.5) is 11.5 Å². The Balaban J connectivity index is 3.10. The number of carboxylic acid groups (broad SMARTS) is 1. The van der Waals surface area contributed by atoms with Crippen LogP contribution in [-0.2, 0) is 4.79 Å². The monoisotopic (exact) mass is 280 g/mol. The topological polar surface area (TPSA) is 99.8 Å². The first-order chi connectivity index (χ1) is 9.36. The zero-order valence-electron chi connectivity index (χ0n) is 12.0. The zero-order chi connectivity index (χ0) is 15.3. The number of nitrogens with zero attached hydrogens (tertiary/aromatic N) is 3. The van der Waals surface area contributed by atoms with E-state index in [9.17, 15) is 9.59 Å². The summed E-state index contributed by atoms with van der Waals surface area (Å²) >= 11 is 0. The van der Waals surface area contributed by atoms with E-state index in [0.29, 0.717) is 18.1 Å². The predicted octanol–water partition coefficient (Wildman–Crippen LogP) is 0.667. The van der Waals surface area contributed by atoms with Crippen molar-refractivity contribution in [2.45, 2.75) is 13.3 Å². The van der Waals surface area contributed by atoms with Crippen molar-refractivity contribution in [1.29, 1.82) is 0 Å². The third-order valence-electron chi connectivity index (χ3n) is 2.74. The largest absolute Gasteiger partial charge is 0.477 e. The van der Waals surface area contributed by atoms with Gasteiger partial charge >= 0.3 is 5.97 Å². The van der Waals surface area contributed by atoms with Gasteiger partial charge in [0.1, 0.15) is 0 Å². The first kappa shape index (κ1) is 15.7. The lowest BCUT2D eigenvalue weighted by molar-refractivity contribution is -0.127. The van der Waals surface area contributed by atoms with E-state index in [0.717, 1.165) is 6.42 Å². The molecule has 0 aromatic carbocycles. The molecule has 7 nitrogen and oxygen atoms in total. The van der Waals surface area contributed by atoms with E-state index >= 15 is 0 Å². The van der Waals surface area contributed by atoms with Crippen LogP contribution in [-0.4, -0.2) is 54.1 Å². The second-order valence-electron chi connectivity index (χ2n) is 4.62. The van der Waals surface area contributed by atoms with Crippen LogP contribution in [0, 0.1) is 0 Å². The quantitative estimate of drug-likeness (QED) is 0.794. The Kier molecular flexibility index (Phi) is 5.31. The molecule has 1 aromatic heterocycles. The fourth-order valence-corrected chi connectivity index (χ4v) is 1.67. The van der Waals surface area contributed by atoms with Crippen molar-refractivity contribution in [2.24, 2.45) is 0 Å². The van der Waals surface area contributed by atoms with Gasteiger partial charge in [-0.1, -0.05) is 6.92 Å². The zero-order valence-corrected chi connectivity index (χ0v) is 12.0. The van der Waals surface area contributed by atoms with E-state index < -0.39 is 5.97 Å². The molecule has 1 heterocycles. The minimum Gasteiger partial charge on any atom is -0.477 e. The fraction of sp³-hybridized carbons (Fsp3) is 0.462. The van der Waals surface area contributed by atoms with Gasteiger partial charge in [0.15, 0.2) is 11.5 Å². The first-order valence-electron chi connectivity index (χ1n) is 6.31. The Labute approximate surface area is 118 Å². The average molecular weight is 280 g/mol. The number of carbonyl (C=O) groups is 2. The summed E-state index contributed by atoms with van der Waals surface area (Å²) < 4.78 is 0. The number of likely N-dealkylation sites (N-methyl/N-ethyl adjacent to an activating group) is 1. The highest BCUT2D eigenvalue weighted by Gasteiger charge is 2.18. The molecule has 1 amide bonds.